The van der Waals surface area contributed by atoms with Gasteiger partial charge in [-0.2, -0.15) is 0 Å². The van der Waals surface area contributed by atoms with E-state index in [2.05, 4.69) is 10.3 Å². The highest BCUT2D eigenvalue weighted by Gasteiger charge is 2.31. The average molecular weight is 291 g/mol. The van der Waals surface area contributed by atoms with Crippen LogP contribution in [0.2, 0.25) is 0 Å². The number of carbonyl (C=O) groups excluding carboxylic acids is 1. The first-order chi connectivity index (χ1) is 9.96. The number of ether oxygens (including phenoxy) is 1. The molecule has 1 aromatic rings. The molecular weight excluding hydrogens is 266 g/mol. The maximum atomic E-state index is 12.2. The summed E-state index contributed by atoms with van der Waals surface area (Å²) in [5.74, 6) is 0. The van der Waals surface area contributed by atoms with Crippen LogP contribution in [0.5, 0.6) is 0 Å². The van der Waals surface area contributed by atoms with E-state index in [0.29, 0.717) is 0 Å². The van der Waals surface area contributed by atoms with Gasteiger partial charge >= 0.3 is 6.09 Å². The maximum absolute atomic E-state index is 12.2. The van der Waals surface area contributed by atoms with Crippen LogP contribution < -0.4 is 5.32 Å². The van der Waals surface area contributed by atoms with Crippen molar-refractivity contribution >= 4 is 6.09 Å². The summed E-state index contributed by atoms with van der Waals surface area (Å²) in [5, 5.41) is 3.40. The number of pyridine rings is 1. The Labute approximate surface area is 126 Å². The predicted octanol–water partition coefficient (Wildman–Crippen LogP) is 2.57. The van der Waals surface area contributed by atoms with Gasteiger partial charge in [0.25, 0.3) is 0 Å². The van der Waals surface area contributed by atoms with Crippen molar-refractivity contribution in [3.8, 4) is 0 Å². The van der Waals surface area contributed by atoms with Crippen molar-refractivity contribution in [3.63, 3.8) is 0 Å². The quantitative estimate of drug-likeness (QED) is 0.926. The van der Waals surface area contributed by atoms with Crippen LogP contribution in [-0.4, -0.2) is 40.7 Å². The van der Waals surface area contributed by atoms with Gasteiger partial charge in [-0.15, -0.1) is 0 Å². The molecule has 1 atom stereocenters. The fourth-order valence-corrected chi connectivity index (χ4v) is 2.49. The van der Waals surface area contributed by atoms with E-state index in [4.69, 9.17) is 4.74 Å². The molecule has 1 aromatic heterocycles. The number of aromatic nitrogens is 1. The molecule has 2 rings (SSSR count). The number of hydrogen-bond acceptors (Lipinski definition) is 4. The second-order valence-electron chi connectivity index (χ2n) is 6.46. The molecule has 21 heavy (non-hydrogen) atoms. The van der Waals surface area contributed by atoms with Gasteiger partial charge in [-0.25, -0.2) is 4.79 Å². The standard InChI is InChI=1S/C16H25N3O2/c1-16(2,3)21-15(20)19-9-5-7-14(19)12-18-11-13-6-4-8-17-10-13/h4,6,8,10,14,18H,5,7,9,11-12H2,1-3H3/t14-/m0/s1. The Morgan fingerprint density at radius 2 is 2.33 bits per heavy atom. The van der Waals surface area contributed by atoms with Crippen LogP contribution in [0.1, 0.15) is 39.2 Å². The fraction of sp³-hybridized carbons (Fsp3) is 0.625. The monoisotopic (exact) mass is 291 g/mol. The van der Waals surface area contributed by atoms with Gasteiger partial charge in [-0.3, -0.25) is 4.98 Å². The fourth-order valence-electron chi connectivity index (χ4n) is 2.49. The van der Waals surface area contributed by atoms with Crippen LogP contribution in [-0.2, 0) is 11.3 Å². The van der Waals surface area contributed by atoms with E-state index in [-0.39, 0.29) is 12.1 Å². The summed E-state index contributed by atoms with van der Waals surface area (Å²) in [6, 6.07) is 4.19. The average Bonchev–Trinajstić information content (AvgIpc) is 2.86. The Morgan fingerprint density at radius 3 is 3.00 bits per heavy atom. The summed E-state index contributed by atoms with van der Waals surface area (Å²) >= 11 is 0. The summed E-state index contributed by atoms with van der Waals surface area (Å²) < 4.78 is 5.47. The lowest BCUT2D eigenvalue weighted by molar-refractivity contribution is 0.0226. The highest BCUT2D eigenvalue weighted by Crippen LogP contribution is 2.20. The lowest BCUT2D eigenvalue weighted by atomic mass is 10.2. The molecule has 1 aliphatic rings. The lowest BCUT2D eigenvalue weighted by Crippen LogP contribution is -2.44. The molecule has 1 aliphatic heterocycles. The minimum Gasteiger partial charge on any atom is -0.444 e. The number of amides is 1. The molecule has 0 spiro atoms. The molecule has 1 amide bonds. The third-order valence-corrected chi connectivity index (χ3v) is 3.44. The van der Waals surface area contributed by atoms with E-state index in [1.54, 1.807) is 6.20 Å². The molecule has 0 unspecified atom stereocenters. The lowest BCUT2D eigenvalue weighted by Gasteiger charge is -2.28. The molecule has 0 radical (unpaired) electrons. The van der Waals surface area contributed by atoms with Crippen molar-refractivity contribution in [1.82, 2.24) is 15.2 Å². The largest absolute Gasteiger partial charge is 0.444 e. The van der Waals surface area contributed by atoms with Crippen molar-refractivity contribution < 1.29 is 9.53 Å². The van der Waals surface area contributed by atoms with Gasteiger partial charge in [-0.1, -0.05) is 6.07 Å². The van der Waals surface area contributed by atoms with E-state index >= 15 is 0 Å². The normalized spacial score (nSPS) is 18.8. The minimum atomic E-state index is -0.437. The molecule has 0 aromatic carbocycles. The van der Waals surface area contributed by atoms with E-state index in [1.807, 2.05) is 44.0 Å². The number of nitrogens with one attached hydrogen (secondary N) is 1. The summed E-state index contributed by atoms with van der Waals surface area (Å²) in [5.41, 5.74) is 0.715. The van der Waals surface area contributed by atoms with Gasteiger partial charge in [-0.05, 0) is 45.2 Å². The SMILES string of the molecule is CC(C)(C)OC(=O)N1CCC[C@H]1CNCc1cccnc1. The zero-order chi connectivity index (χ0) is 15.3. The van der Waals surface area contributed by atoms with Gasteiger partial charge < -0.3 is 15.0 Å². The van der Waals surface area contributed by atoms with Crippen molar-refractivity contribution in [2.24, 2.45) is 0 Å². The molecule has 5 heteroatoms. The van der Waals surface area contributed by atoms with Crippen molar-refractivity contribution in [3.05, 3.63) is 30.1 Å². The Kier molecular flexibility index (Phi) is 5.17. The number of rotatable bonds is 4. The first-order valence-electron chi connectivity index (χ1n) is 7.55. The van der Waals surface area contributed by atoms with Crippen molar-refractivity contribution in [2.45, 2.75) is 51.8 Å². The van der Waals surface area contributed by atoms with Gasteiger partial charge in [0.2, 0.25) is 0 Å². The van der Waals surface area contributed by atoms with Gasteiger partial charge in [0.15, 0.2) is 0 Å². The molecule has 0 aliphatic carbocycles. The molecule has 0 saturated carbocycles. The summed E-state index contributed by atoms with van der Waals surface area (Å²) in [7, 11) is 0. The van der Waals surface area contributed by atoms with Crippen LogP contribution in [0.25, 0.3) is 0 Å². The number of carbonyl (C=O) groups is 1. The molecule has 116 valence electrons. The van der Waals surface area contributed by atoms with Crippen molar-refractivity contribution in [1.29, 1.82) is 0 Å². The topological polar surface area (TPSA) is 54.5 Å². The molecule has 2 heterocycles. The number of hydrogen-bond donors (Lipinski definition) is 1. The minimum absolute atomic E-state index is 0.201. The first kappa shape index (κ1) is 15.8. The summed E-state index contributed by atoms with van der Waals surface area (Å²) in [6.45, 7) is 8.04. The second-order valence-corrected chi connectivity index (χ2v) is 6.46. The van der Waals surface area contributed by atoms with Crippen LogP contribution in [0.3, 0.4) is 0 Å². The molecule has 0 bridgehead atoms. The molecular formula is C16H25N3O2. The Hall–Kier alpha value is -1.62. The Balaban J connectivity index is 1.80. The molecule has 1 fully saturated rings. The van der Waals surface area contributed by atoms with Gasteiger partial charge in [0.05, 0.1) is 0 Å². The first-order valence-corrected chi connectivity index (χ1v) is 7.55. The Morgan fingerprint density at radius 1 is 1.52 bits per heavy atom. The van der Waals surface area contributed by atoms with E-state index in [1.165, 1.54) is 0 Å². The summed E-state index contributed by atoms with van der Waals surface area (Å²) in [4.78, 5) is 18.1. The number of nitrogens with zero attached hydrogens (tertiary/aromatic N) is 2. The molecule has 5 nitrogen and oxygen atoms in total. The van der Waals surface area contributed by atoms with Gasteiger partial charge in [0, 0.05) is 38.1 Å². The third-order valence-electron chi connectivity index (χ3n) is 3.44. The smallest absolute Gasteiger partial charge is 0.410 e. The number of likely N-dealkylation sites (tertiary alicyclic amines) is 1. The molecule has 1 N–H and O–H groups in total. The van der Waals surface area contributed by atoms with E-state index in [0.717, 1.165) is 38.0 Å². The van der Waals surface area contributed by atoms with E-state index < -0.39 is 5.60 Å². The van der Waals surface area contributed by atoms with Crippen LogP contribution >= 0.6 is 0 Å². The van der Waals surface area contributed by atoms with E-state index in [9.17, 15) is 4.79 Å². The van der Waals surface area contributed by atoms with Crippen LogP contribution in [0.15, 0.2) is 24.5 Å². The highest BCUT2D eigenvalue weighted by molar-refractivity contribution is 5.69. The highest BCUT2D eigenvalue weighted by atomic mass is 16.6. The predicted molar refractivity (Wildman–Crippen MR) is 81.9 cm³/mol. The zero-order valence-electron chi connectivity index (χ0n) is 13.1. The second kappa shape index (κ2) is 6.89. The van der Waals surface area contributed by atoms with Crippen LogP contribution in [0.4, 0.5) is 4.79 Å². The maximum Gasteiger partial charge on any atom is 0.410 e. The molecule has 1 saturated heterocycles. The summed E-state index contributed by atoms with van der Waals surface area (Å²) in [6.07, 6.45) is 5.49. The third kappa shape index (κ3) is 5.01. The Bertz CT molecular complexity index is 456. The van der Waals surface area contributed by atoms with Crippen LogP contribution in [0, 0.1) is 0 Å². The zero-order valence-corrected chi connectivity index (χ0v) is 13.1. The van der Waals surface area contributed by atoms with Crippen molar-refractivity contribution in [2.75, 3.05) is 13.1 Å². The van der Waals surface area contributed by atoms with Gasteiger partial charge in [0.1, 0.15) is 5.60 Å².